The molecule has 5 heteroatoms. The summed E-state index contributed by atoms with van der Waals surface area (Å²) in [5.41, 5.74) is 7.82. The average molecular weight is 210 g/mol. The first kappa shape index (κ1) is 10.6. The minimum Gasteiger partial charge on any atom is -0.380 e. The fourth-order valence-corrected chi connectivity index (χ4v) is 1.77. The third-order valence-electron chi connectivity index (χ3n) is 2.66. The van der Waals surface area contributed by atoms with E-state index in [0.717, 1.165) is 18.8 Å². The fraction of sp³-hybridized carbons (Fsp3) is 0.800. The molecule has 0 radical (unpaired) electrons. The molecular weight excluding hydrogens is 192 g/mol. The van der Waals surface area contributed by atoms with Gasteiger partial charge >= 0.3 is 0 Å². The number of rotatable bonds is 6. The van der Waals surface area contributed by atoms with Gasteiger partial charge in [-0.2, -0.15) is 0 Å². The zero-order chi connectivity index (χ0) is 10.7. The van der Waals surface area contributed by atoms with Crippen LogP contribution in [-0.2, 0) is 17.8 Å². The van der Waals surface area contributed by atoms with Crippen molar-refractivity contribution in [3.8, 4) is 0 Å². The molecule has 1 saturated carbocycles. The lowest BCUT2D eigenvalue weighted by Gasteiger charge is -2.06. The molecule has 84 valence electrons. The summed E-state index contributed by atoms with van der Waals surface area (Å²) in [6, 6.07) is 0. The van der Waals surface area contributed by atoms with Crippen molar-refractivity contribution < 1.29 is 4.74 Å². The molecule has 0 atom stereocenters. The highest BCUT2D eigenvalue weighted by Crippen LogP contribution is 2.40. The van der Waals surface area contributed by atoms with E-state index in [-0.39, 0.29) is 0 Å². The molecule has 0 aliphatic heterocycles. The van der Waals surface area contributed by atoms with Crippen LogP contribution in [0.5, 0.6) is 0 Å². The van der Waals surface area contributed by atoms with Gasteiger partial charge in [0.15, 0.2) is 0 Å². The molecule has 2 N–H and O–H groups in total. The summed E-state index contributed by atoms with van der Waals surface area (Å²) in [6.45, 7) is 4.71. The first-order valence-corrected chi connectivity index (χ1v) is 5.56. The summed E-state index contributed by atoms with van der Waals surface area (Å²) < 4.78 is 7.27. The molecule has 1 aromatic rings. The van der Waals surface area contributed by atoms with E-state index in [2.05, 4.69) is 10.3 Å². The molecule has 0 aromatic carbocycles. The number of nitrogens with two attached hydrogens (primary N) is 1. The summed E-state index contributed by atoms with van der Waals surface area (Å²) in [6.07, 6.45) is 2.49. The monoisotopic (exact) mass is 210 g/mol. The Bertz CT molecular complexity index is 319. The minimum absolute atomic E-state index is 0.487. The van der Waals surface area contributed by atoms with E-state index in [1.165, 1.54) is 18.5 Å². The molecule has 1 aromatic heterocycles. The first-order valence-electron chi connectivity index (χ1n) is 5.56. The second-order valence-corrected chi connectivity index (χ2v) is 3.82. The van der Waals surface area contributed by atoms with Gasteiger partial charge in [-0.05, 0) is 19.8 Å². The highest BCUT2D eigenvalue weighted by Gasteiger charge is 2.30. The Morgan fingerprint density at radius 3 is 2.93 bits per heavy atom. The van der Waals surface area contributed by atoms with E-state index in [9.17, 15) is 0 Å². The SMILES string of the molecule is CCOCCn1nnc(CN)c1C1CC1. The number of nitrogens with zero attached hydrogens (tertiary/aromatic N) is 3. The predicted octanol–water partition coefficient (Wildman–Crippen LogP) is 0.651. The molecule has 2 rings (SSSR count). The lowest BCUT2D eigenvalue weighted by molar-refractivity contribution is 0.135. The maximum atomic E-state index is 5.64. The van der Waals surface area contributed by atoms with E-state index in [1.807, 2.05) is 11.6 Å². The van der Waals surface area contributed by atoms with E-state index < -0.39 is 0 Å². The summed E-state index contributed by atoms with van der Waals surface area (Å²) in [5, 5.41) is 8.23. The standard InChI is InChI=1S/C10H18N4O/c1-2-15-6-5-14-10(8-3-4-8)9(7-11)12-13-14/h8H,2-7,11H2,1H3. The van der Waals surface area contributed by atoms with Crippen LogP contribution in [-0.4, -0.2) is 28.2 Å². The van der Waals surface area contributed by atoms with Crippen LogP contribution in [0.25, 0.3) is 0 Å². The molecule has 1 aliphatic carbocycles. The van der Waals surface area contributed by atoms with Crippen LogP contribution in [0.4, 0.5) is 0 Å². The third kappa shape index (κ3) is 2.35. The van der Waals surface area contributed by atoms with Gasteiger partial charge in [0.05, 0.1) is 24.5 Å². The first-order chi connectivity index (χ1) is 7.36. The maximum Gasteiger partial charge on any atom is 0.0997 e. The second-order valence-electron chi connectivity index (χ2n) is 3.82. The van der Waals surface area contributed by atoms with Crippen molar-refractivity contribution in [1.29, 1.82) is 0 Å². The van der Waals surface area contributed by atoms with Crippen molar-refractivity contribution >= 4 is 0 Å². The topological polar surface area (TPSA) is 66.0 Å². The maximum absolute atomic E-state index is 5.64. The fourth-order valence-electron chi connectivity index (χ4n) is 1.77. The third-order valence-corrected chi connectivity index (χ3v) is 2.66. The summed E-state index contributed by atoms with van der Waals surface area (Å²) >= 11 is 0. The second kappa shape index (κ2) is 4.72. The van der Waals surface area contributed by atoms with Gasteiger partial charge in [0, 0.05) is 19.1 Å². The Morgan fingerprint density at radius 1 is 1.53 bits per heavy atom. The minimum atomic E-state index is 0.487. The smallest absolute Gasteiger partial charge is 0.0997 e. The van der Waals surface area contributed by atoms with Gasteiger partial charge in [-0.25, -0.2) is 4.68 Å². The molecule has 1 aliphatic rings. The molecule has 15 heavy (non-hydrogen) atoms. The molecule has 1 fully saturated rings. The Balaban J connectivity index is 2.05. The van der Waals surface area contributed by atoms with Crippen LogP contribution in [0, 0.1) is 0 Å². The largest absolute Gasteiger partial charge is 0.380 e. The van der Waals surface area contributed by atoms with Crippen molar-refractivity contribution in [2.75, 3.05) is 13.2 Å². The molecule has 0 spiro atoms. The molecule has 0 bridgehead atoms. The number of hydrogen-bond acceptors (Lipinski definition) is 4. The van der Waals surface area contributed by atoms with Crippen molar-refractivity contribution in [2.24, 2.45) is 5.73 Å². The number of aromatic nitrogens is 3. The Kier molecular flexibility index (Phi) is 3.33. The van der Waals surface area contributed by atoms with E-state index in [0.29, 0.717) is 19.1 Å². The van der Waals surface area contributed by atoms with Crippen LogP contribution < -0.4 is 5.73 Å². The molecule has 0 saturated heterocycles. The van der Waals surface area contributed by atoms with Crippen molar-refractivity contribution in [2.45, 2.75) is 38.8 Å². The molecule has 0 amide bonds. The van der Waals surface area contributed by atoms with Crippen molar-refractivity contribution in [1.82, 2.24) is 15.0 Å². The van der Waals surface area contributed by atoms with Gasteiger partial charge in [0.1, 0.15) is 0 Å². The van der Waals surface area contributed by atoms with Crippen LogP contribution in [0.2, 0.25) is 0 Å². The van der Waals surface area contributed by atoms with Gasteiger partial charge in [0.2, 0.25) is 0 Å². The predicted molar refractivity (Wildman–Crippen MR) is 56.4 cm³/mol. The van der Waals surface area contributed by atoms with Gasteiger partial charge in [-0.3, -0.25) is 0 Å². The normalized spacial score (nSPS) is 15.9. The molecule has 5 nitrogen and oxygen atoms in total. The lowest BCUT2D eigenvalue weighted by Crippen LogP contribution is -2.11. The Morgan fingerprint density at radius 2 is 2.33 bits per heavy atom. The molecule has 0 unspecified atom stereocenters. The van der Waals surface area contributed by atoms with Crippen LogP contribution in [0.15, 0.2) is 0 Å². The lowest BCUT2D eigenvalue weighted by atomic mass is 10.2. The molecular formula is C10H18N4O. The summed E-state index contributed by atoms with van der Waals surface area (Å²) in [7, 11) is 0. The van der Waals surface area contributed by atoms with E-state index in [4.69, 9.17) is 10.5 Å². The Hall–Kier alpha value is -0.940. The highest BCUT2D eigenvalue weighted by molar-refractivity contribution is 5.20. The zero-order valence-corrected chi connectivity index (χ0v) is 9.15. The van der Waals surface area contributed by atoms with Crippen LogP contribution in [0.3, 0.4) is 0 Å². The van der Waals surface area contributed by atoms with Crippen LogP contribution in [0.1, 0.15) is 37.1 Å². The number of ether oxygens (including phenoxy) is 1. The molecule has 1 heterocycles. The quantitative estimate of drug-likeness (QED) is 0.700. The highest BCUT2D eigenvalue weighted by atomic mass is 16.5. The van der Waals surface area contributed by atoms with Gasteiger partial charge in [-0.15, -0.1) is 5.10 Å². The summed E-state index contributed by atoms with van der Waals surface area (Å²) in [5.74, 6) is 0.639. The van der Waals surface area contributed by atoms with Gasteiger partial charge < -0.3 is 10.5 Å². The van der Waals surface area contributed by atoms with Gasteiger partial charge in [0.25, 0.3) is 0 Å². The zero-order valence-electron chi connectivity index (χ0n) is 9.15. The summed E-state index contributed by atoms with van der Waals surface area (Å²) in [4.78, 5) is 0. The Labute approximate surface area is 89.6 Å². The van der Waals surface area contributed by atoms with E-state index in [1.54, 1.807) is 0 Å². The average Bonchev–Trinajstić information content (AvgIpc) is 3.00. The van der Waals surface area contributed by atoms with Crippen LogP contribution >= 0.6 is 0 Å². The van der Waals surface area contributed by atoms with Crippen molar-refractivity contribution in [3.05, 3.63) is 11.4 Å². The van der Waals surface area contributed by atoms with E-state index >= 15 is 0 Å². The number of hydrogen-bond donors (Lipinski definition) is 1. The van der Waals surface area contributed by atoms with Crippen molar-refractivity contribution in [3.63, 3.8) is 0 Å². The van der Waals surface area contributed by atoms with Gasteiger partial charge in [-0.1, -0.05) is 5.21 Å².